The van der Waals surface area contributed by atoms with E-state index in [1.54, 1.807) is 6.07 Å². The molecule has 2 aliphatic heterocycles. The number of fused-ring (bicyclic) bond motifs is 5. The summed E-state index contributed by atoms with van der Waals surface area (Å²) >= 11 is 0. The molecule has 4 bridgehead atoms. The van der Waals surface area contributed by atoms with Crippen LogP contribution >= 0.6 is 0 Å². The lowest BCUT2D eigenvalue weighted by Crippen LogP contribution is -2.89. The van der Waals surface area contributed by atoms with Crippen molar-refractivity contribution in [3.8, 4) is 0 Å². The van der Waals surface area contributed by atoms with E-state index in [2.05, 4.69) is 4.98 Å². The van der Waals surface area contributed by atoms with E-state index in [1.807, 2.05) is 0 Å². The summed E-state index contributed by atoms with van der Waals surface area (Å²) in [6.07, 6.45) is -10.6. The summed E-state index contributed by atoms with van der Waals surface area (Å²) in [7, 11) is 0. The van der Waals surface area contributed by atoms with Crippen LogP contribution in [0.4, 0.5) is 0 Å². The number of cyclic esters (lactones) is 1. The summed E-state index contributed by atoms with van der Waals surface area (Å²) in [6.45, 7) is 6.23. The minimum atomic E-state index is -2.80. The van der Waals surface area contributed by atoms with Crippen LogP contribution in [0.2, 0.25) is 0 Å². The molecule has 1 aromatic carbocycles. The number of aryl methyl sites for hydroxylation is 1. The predicted octanol–water partition coefficient (Wildman–Crippen LogP) is 1.59. The fourth-order valence-corrected chi connectivity index (χ4v) is 9.45. The molecule has 2 saturated carbocycles. The van der Waals surface area contributed by atoms with Crippen LogP contribution in [0.5, 0.6) is 0 Å². The molecule has 1 spiro atoms. The Bertz CT molecular complexity index is 2020. The molecule has 18 heteroatoms. The van der Waals surface area contributed by atoms with Gasteiger partial charge in [0.25, 0.3) is 0 Å². The highest BCUT2D eigenvalue weighted by atomic mass is 16.7. The standard InChI is InChI=1S/C41H47NO17/c1-20-15-16-27-26(14-11-17-42-27)37(50)53-18-38(6)28-29(54-22(3)44)33(56-24(5)46)40(19-52-21(2)43)34(58-36(49)25-12-9-8-10-13-25)30(55-23(4)45)32(57-35(20)48)39(7,51)41(40,59-38)31(28)47/h8-14,17,20,28-34,47,51H,15-16,18-19H2,1-7H3/t20?,28-,29-,30+,31?,32?,33-,34+,38?,39+,40-,41+/m1/s1. The van der Waals surface area contributed by atoms with Crippen molar-refractivity contribution in [2.24, 2.45) is 17.3 Å². The van der Waals surface area contributed by atoms with E-state index in [9.17, 15) is 43.8 Å². The van der Waals surface area contributed by atoms with E-state index in [0.717, 1.165) is 34.6 Å². The lowest BCUT2D eigenvalue weighted by Gasteiger charge is -2.67. The summed E-state index contributed by atoms with van der Waals surface area (Å²) in [5.41, 5.74) is -9.98. The van der Waals surface area contributed by atoms with Crippen LogP contribution in [0.15, 0.2) is 48.7 Å². The molecule has 59 heavy (non-hydrogen) atoms. The molecule has 0 amide bonds. The number of hydrogen-bond donors (Lipinski definition) is 2. The van der Waals surface area contributed by atoms with Crippen LogP contribution in [0, 0.1) is 17.3 Å². The van der Waals surface area contributed by atoms with Gasteiger partial charge in [-0.05, 0) is 51.0 Å². The number of ether oxygens (including phenoxy) is 8. The fourth-order valence-electron chi connectivity index (χ4n) is 9.45. The molecule has 318 valence electrons. The van der Waals surface area contributed by atoms with Crippen LogP contribution < -0.4 is 0 Å². The second-order valence-corrected chi connectivity index (χ2v) is 15.8. The van der Waals surface area contributed by atoms with Gasteiger partial charge in [-0.15, -0.1) is 0 Å². The van der Waals surface area contributed by atoms with Crippen LogP contribution in [0.1, 0.15) is 81.3 Å². The Labute approximate surface area is 338 Å². The summed E-state index contributed by atoms with van der Waals surface area (Å²) in [4.78, 5) is 99.0. The average Bonchev–Trinajstić information content (AvgIpc) is 3.37. The van der Waals surface area contributed by atoms with Gasteiger partial charge >= 0.3 is 41.8 Å². The quantitative estimate of drug-likeness (QED) is 0.297. The first-order chi connectivity index (χ1) is 27.7. The Morgan fingerprint density at radius 2 is 1.47 bits per heavy atom. The number of benzene rings is 1. The molecule has 4 unspecified atom stereocenters. The minimum absolute atomic E-state index is 0.0401. The second-order valence-electron chi connectivity index (χ2n) is 15.8. The van der Waals surface area contributed by atoms with Crippen molar-refractivity contribution >= 4 is 41.8 Å². The topological polar surface area (TPSA) is 247 Å². The molecule has 3 heterocycles. The van der Waals surface area contributed by atoms with Crippen LogP contribution in [-0.4, -0.2) is 124 Å². The third-order valence-corrected chi connectivity index (χ3v) is 11.8. The van der Waals surface area contributed by atoms with Gasteiger partial charge in [0.05, 0.1) is 34.8 Å². The molecule has 6 rings (SSSR count). The van der Waals surface area contributed by atoms with Crippen molar-refractivity contribution in [3.63, 3.8) is 0 Å². The Morgan fingerprint density at radius 3 is 2.10 bits per heavy atom. The minimum Gasteiger partial charge on any atom is -0.465 e. The number of hydrogen-bond acceptors (Lipinski definition) is 18. The summed E-state index contributed by atoms with van der Waals surface area (Å²) in [6, 6.07) is 10.4. The van der Waals surface area contributed by atoms with Gasteiger partial charge in [-0.2, -0.15) is 0 Å². The molecule has 2 aromatic rings. The zero-order valence-electron chi connectivity index (χ0n) is 33.5. The molecular formula is C41H47NO17. The van der Waals surface area contributed by atoms with Gasteiger partial charge in [0.2, 0.25) is 0 Å². The van der Waals surface area contributed by atoms with Gasteiger partial charge in [0.1, 0.15) is 41.5 Å². The highest BCUT2D eigenvalue weighted by Crippen LogP contribution is 2.69. The zero-order chi connectivity index (χ0) is 43.2. The fraction of sp³-hybridized carbons (Fsp3) is 0.561. The van der Waals surface area contributed by atoms with E-state index in [0.29, 0.717) is 0 Å². The lowest BCUT2D eigenvalue weighted by atomic mass is 9.45. The molecule has 18 nitrogen and oxygen atoms in total. The number of carbonyl (C=O) groups is 7. The molecular weight excluding hydrogens is 778 g/mol. The van der Waals surface area contributed by atoms with Crippen molar-refractivity contribution in [2.45, 2.75) is 115 Å². The van der Waals surface area contributed by atoms with Gasteiger partial charge in [-0.25, -0.2) is 9.59 Å². The maximum absolute atomic E-state index is 14.3. The number of carbonyl (C=O) groups excluding carboxylic acids is 7. The molecule has 2 N–H and O–H groups in total. The highest BCUT2D eigenvalue weighted by Gasteiger charge is 2.91. The van der Waals surface area contributed by atoms with Crippen LogP contribution in [-0.2, 0) is 68.3 Å². The van der Waals surface area contributed by atoms with E-state index in [1.165, 1.54) is 56.4 Å². The van der Waals surface area contributed by atoms with Gasteiger partial charge in [-0.3, -0.25) is 29.0 Å². The zero-order valence-corrected chi connectivity index (χ0v) is 33.5. The van der Waals surface area contributed by atoms with E-state index in [-0.39, 0.29) is 29.7 Å². The van der Waals surface area contributed by atoms with Crippen molar-refractivity contribution < 1.29 is 81.7 Å². The predicted molar refractivity (Wildman–Crippen MR) is 196 cm³/mol. The van der Waals surface area contributed by atoms with Gasteiger partial charge < -0.3 is 48.1 Å². The maximum atomic E-state index is 14.3. The third-order valence-electron chi connectivity index (χ3n) is 11.8. The van der Waals surface area contributed by atoms with Gasteiger partial charge in [0.15, 0.2) is 24.4 Å². The number of aromatic nitrogens is 1. The van der Waals surface area contributed by atoms with Crippen LogP contribution in [0.25, 0.3) is 0 Å². The highest BCUT2D eigenvalue weighted by molar-refractivity contribution is 5.91. The third kappa shape index (κ3) is 7.20. The van der Waals surface area contributed by atoms with Crippen molar-refractivity contribution in [1.82, 2.24) is 4.98 Å². The molecule has 0 radical (unpaired) electrons. The first-order valence-corrected chi connectivity index (χ1v) is 19.0. The normalized spacial score (nSPS) is 36.3. The molecule has 1 aromatic heterocycles. The largest absolute Gasteiger partial charge is 0.465 e. The molecule has 3 fully saturated rings. The first kappa shape index (κ1) is 43.1. The van der Waals surface area contributed by atoms with Crippen LogP contribution in [0.3, 0.4) is 0 Å². The Hall–Kier alpha value is -5.46. The average molecular weight is 826 g/mol. The smallest absolute Gasteiger partial charge is 0.340 e. The number of esters is 7. The number of nitrogens with zero attached hydrogens (tertiary/aromatic N) is 1. The Balaban J connectivity index is 1.73. The molecule has 1 saturated heterocycles. The molecule has 12 atom stereocenters. The van der Waals surface area contributed by atoms with E-state index >= 15 is 0 Å². The van der Waals surface area contributed by atoms with Crippen molar-refractivity contribution in [2.75, 3.05) is 13.2 Å². The van der Waals surface area contributed by atoms with Gasteiger partial charge in [0, 0.05) is 33.9 Å². The maximum Gasteiger partial charge on any atom is 0.340 e. The monoisotopic (exact) mass is 825 g/mol. The number of pyridine rings is 1. The van der Waals surface area contributed by atoms with E-state index in [4.69, 9.17) is 37.9 Å². The second kappa shape index (κ2) is 16.0. The molecule has 2 aliphatic carbocycles. The lowest BCUT2D eigenvalue weighted by molar-refractivity contribution is -0.385. The number of aliphatic hydroxyl groups excluding tert-OH is 1. The van der Waals surface area contributed by atoms with Gasteiger partial charge in [-0.1, -0.05) is 25.1 Å². The molecule has 4 aliphatic rings. The first-order valence-electron chi connectivity index (χ1n) is 19.0. The summed E-state index contributed by atoms with van der Waals surface area (Å²) < 4.78 is 48.6. The Morgan fingerprint density at radius 1 is 0.847 bits per heavy atom. The van der Waals surface area contributed by atoms with Crippen molar-refractivity contribution in [3.05, 3.63) is 65.5 Å². The number of aliphatic hydroxyl groups is 2. The number of rotatable bonds is 7. The van der Waals surface area contributed by atoms with Crippen molar-refractivity contribution in [1.29, 1.82) is 0 Å². The Kier molecular flexibility index (Phi) is 11.7. The SMILES string of the molecule is CC(=O)OC[C@]12[C@H](OC(C)=O)[C@H](OC(C)=O)[C@@H]3C(O)[C@@]14OC3(C)COC(=O)c1cccnc1CCC(C)C(=O)OC([C@H](OC(C)=O)[C@@H]2OC(=O)c1ccccc1)[C@]4(C)O. The summed E-state index contributed by atoms with van der Waals surface area (Å²) in [5.74, 6) is -9.51. The summed E-state index contributed by atoms with van der Waals surface area (Å²) in [5, 5.41) is 26.3. The van der Waals surface area contributed by atoms with E-state index < -0.39 is 126 Å².